The van der Waals surface area contributed by atoms with Gasteiger partial charge in [0.25, 0.3) is 0 Å². The van der Waals surface area contributed by atoms with E-state index in [0.717, 1.165) is 5.56 Å². The minimum atomic E-state index is -0.763. The highest BCUT2D eigenvalue weighted by Crippen LogP contribution is 2.29. The molecule has 0 saturated carbocycles. The maximum Gasteiger partial charge on any atom is 0.316 e. The van der Waals surface area contributed by atoms with Crippen LogP contribution in [0.15, 0.2) is 24.3 Å². The third-order valence-electron chi connectivity index (χ3n) is 3.30. The van der Waals surface area contributed by atoms with Gasteiger partial charge >= 0.3 is 5.97 Å². The maximum atomic E-state index is 12.0. The van der Waals surface area contributed by atoms with Gasteiger partial charge in [0.15, 0.2) is 0 Å². The molecule has 0 amide bonds. The summed E-state index contributed by atoms with van der Waals surface area (Å²) in [7, 11) is 0. The number of hydrogen-bond donors (Lipinski definition) is 1. The van der Waals surface area contributed by atoms with Crippen LogP contribution in [0.2, 0.25) is 5.02 Å². The number of carbonyl (C=O) groups excluding carboxylic acids is 1. The maximum absolute atomic E-state index is 12.0. The number of nitrogens with two attached hydrogens (primary N) is 1. The molecule has 1 aromatic rings. The van der Waals surface area contributed by atoms with Gasteiger partial charge in [-0.25, -0.2) is 0 Å². The molecule has 0 radical (unpaired) electrons. The Labute approximate surface area is 111 Å². The predicted molar refractivity (Wildman–Crippen MR) is 68.1 cm³/mol. The highest BCUT2D eigenvalue weighted by Gasteiger charge is 2.45. The Morgan fingerprint density at radius 1 is 1.61 bits per heavy atom. The number of benzene rings is 1. The Kier molecular flexibility index (Phi) is 3.90. The van der Waals surface area contributed by atoms with Gasteiger partial charge in [-0.2, -0.15) is 0 Å². The van der Waals surface area contributed by atoms with Crippen molar-refractivity contribution in [3.8, 4) is 0 Å². The second-order valence-electron chi connectivity index (χ2n) is 4.71. The van der Waals surface area contributed by atoms with E-state index in [1.165, 1.54) is 0 Å². The van der Waals surface area contributed by atoms with E-state index in [4.69, 9.17) is 26.8 Å². The zero-order chi connectivity index (χ0) is 13.2. The van der Waals surface area contributed by atoms with E-state index >= 15 is 0 Å². The zero-order valence-electron chi connectivity index (χ0n) is 10.2. The topological polar surface area (TPSA) is 61.5 Å². The van der Waals surface area contributed by atoms with Gasteiger partial charge in [0.2, 0.25) is 0 Å². The van der Waals surface area contributed by atoms with E-state index in [9.17, 15) is 4.79 Å². The third kappa shape index (κ3) is 2.51. The first-order valence-electron chi connectivity index (χ1n) is 5.78. The molecule has 2 unspecified atom stereocenters. The number of rotatable bonds is 3. The molecule has 2 N–H and O–H groups in total. The summed E-state index contributed by atoms with van der Waals surface area (Å²) in [5.41, 5.74) is 5.88. The molecule has 0 aliphatic carbocycles. The summed E-state index contributed by atoms with van der Waals surface area (Å²) in [5.74, 6) is -0.340. The molecule has 4 nitrogen and oxygen atoms in total. The fourth-order valence-corrected chi connectivity index (χ4v) is 2.01. The van der Waals surface area contributed by atoms with Crippen molar-refractivity contribution in [2.75, 3.05) is 13.2 Å². The van der Waals surface area contributed by atoms with Crippen LogP contribution in [0, 0.1) is 5.41 Å². The van der Waals surface area contributed by atoms with Crippen LogP contribution in [0.5, 0.6) is 0 Å². The summed E-state index contributed by atoms with van der Waals surface area (Å²) in [6.07, 6.45) is 0. The molecule has 1 aromatic carbocycles. The molecule has 18 heavy (non-hydrogen) atoms. The molecule has 2 rings (SSSR count). The number of ether oxygens (including phenoxy) is 2. The molecule has 0 bridgehead atoms. The van der Waals surface area contributed by atoms with Crippen molar-refractivity contribution in [2.45, 2.75) is 19.6 Å². The van der Waals surface area contributed by atoms with Gasteiger partial charge in [0, 0.05) is 16.6 Å². The van der Waals surface area contributed by atoms with Crippen molar-refractivity contribution in [3.05, 3.63) is 34.9 Å². The van der Waals surface area contributed by atoms with Crippen molar-refractivity contribution in [1.82, 2.24) is 0 Å². The lowest BCUT2D eigenvalue weighted by atomic mass is 9.86. The zero-order valence-corrected chi connectivity index (χ0v) is 10.9. The summed E-state index contributed by atoms with van der Waals surface area (Å²) >= 11 is 5.99. The summed E-state index contributed by atoms with van der Waals surface area (Å²) in [5, 5.41) is 0.586. The summed E-state index contributed by atoms with van der Waals surface area (Å²) in [6.45, 7) is 2.60. The monoisotopic (exact) mass is 269 g/mol. The largest absolute Gasteiger partial charge is 0.460 e. The number of esters is 1. The van der Waals surface area contributed by atoms with Crippen LogP contribution < -0.4 is 5.73 Å². The SMILES string of the molecule is CC1(C(=O)OCc2ccccc2Cl)COCC1N. The molecular formula is C13H16ClNO3. The molecule has 0 spiro atoms. The van der Waals surface area contributed by atoms with Crippen molar-refractivity contribution < 1.29 is 14.3 Å². The van der Waals surface area contributed by atoms with Crippen LogP contribution in [0.25, 0.3) is 0 Å². The molecule has 1 fully saturated rings. The highest BCUT2D eigenvalue weighted by molar-refractivity contribution is 6.31. The molecule has 1 aliphatic rings. The van der Waals surface area contributed by atoms with Gasteiger partial charge in [0.05, 0.1) is 13.2 Å². The van der Waals surface area contributed by atoms with Gasteiger partial charge < -0.3 is 15.2 Å². The van der Waals surface area contributed by atoms with Crippen LogP contribution in [-0.2, 0) is 20.9 Å². The van der Waals surface area contributed by atoms with Crippen molar-refractivity contribution >= 4 is 17.6 Å². The van der Waals surface area contributed by atoms with Gasteiger partial charge in [0.1, 0.15) is 12.0 Å². The standard InChI is InChI=1S/C13H16ClNO3/c1-13(8-17-7-11(13)15)12(16)18-6-9-4-2-3-5-10(9)14/h2-5,11H,6-8,15H2,1H3. The van der Waals surface area contributed by atoms with Crippen LogP contribution in [-0.4, -0.2) is 25.2 Å². The molecule has 2 atom stereocenters. The first kappa shape index (κ1) is 13.3. The summed E-state index contributed by atoms with van der Waals surface area (Å²) in [4.78, 5) is 12.0. The van der Waals surface area contributed by atoms with Gasteiger partial charge in [-0.1, -0.05) is 29.8 Å². The summed E-state index contributed by atoms with van der Waals surface area (Å²) in [6, 6.07) is 6.94. The third-order valence-corrected chi connectivity index (χ3v) is 3.67. The number of halogens is 1. The Morgan fingerprint density at radius 2 is 2.33 bits per heavy atom. The van der Waals surface area contributed by atoms with E-state index in [2.05, 4.69) is 0 Å². The minimum absolute atomic E-state index is 0.154. The Bertz CT molecular complexity index is 452. The molecule has 1 saturated heterocycles. The van der Waals surface area contributed by atoms with Gasteiger partial charge in [-0.05, 0) is 13.0 Å². The lowest BCUT2D eigenvalue weighted by Crippen LogP contribution is -2.45. The number of carbonyl (C=O) groups is 1. The highest BCUT2D eigenvalue weighted by atomic mass is 35.5. The van der Waals surface area contributed by atoms with E-state index in [0.29, 0.717) is 18.2 Å². The second kappa shape index (κ2) is 5.26. The Balaban J connectivity index is 1.99. The number of hydrogen-bond acceptors (Lipinski definition) is 4. The normalized spacial score (nSPS) is 27.2. The van der Waals surface area contributed by atoms with Gasteiger partial charge in [-0.3, -0.25) is 4.79 Å². The van der Waals surface area contributed by atoms with Crippen LogP contribution in [0.4, 0.5) is 0 Å². The lowest BCUT2D eigenvalue weighted by Gasteiger charge is -2.24. The van der Waals surface area contributed by atoms with Crippen LogP contribution >= 0.6 is 11.6 Å². The lowest BCUT2D eigenvalue weighted by molar-refractivity contribution is -0.156. The smallest absolute Gasteiger partial charge is 0.316 e. The Morgan fingerprint density at radius 3 is 2.94 bits per heavy atom. The molecule has 5 heteroatoms. The quantitative estimate of drug-likeness (QED) is 0.849. The molecule has 98 valence electrons. The summed E-state index contributed by atoms with van der Waals surface area (Å²) < 4.78 is 10.5. The first-order valence-corrected chi connectivity index (χ1v) is 6.16. The van der Waals surface area contributed by atoms with E-state index in [1.807, 2.05) is 18.2 Å². The Hall–Kier alpha value is -1.10. The average molecular weight is 270 g/mol. The minimum Gasteiger partial charge on any atom is -0.460 e. The first-order chi connectivity index (χ1) is 8.54. The van der Waals surface area contributed by atoms with Crippen molar-refractivity contribution in [1.29, 1.82) is 0 Å². The predicted octanol–water partition coefficient (Wildman–Crippen LogP) is 1.75. The van der Waals surface area contributed by atoms with Crippen molar-refractivity contribution in [2.24, 2.45) is 11.1 Å². The average Bonchev–Trinajstić information content (AvgIpc) is 2.69. The second-order valence-corrected chi connectivity index (χ2v) is 5.11. The molecule has 0 aromatic heterocycles. The molecular weight excluding hydrogens is 254 g/mol. The van der Waals surface area contributed by atoms with E-state index < -0.39 is 5.41 Å². The van der Waals surface area contributed by atoms with E-state index in [-0.39, 0.29) is 18.6 Å². The van der Waals surface area contributed by atoms with Crippen LogP contribution in [0.3, 0.4) is 0 Å². The molecule has 1 aliphatic heterocycles. The van der Waals surface area contributed by atoms with Crippen LogP contribution in [0.1, 0.15) is 12.5 Å². The fraction of sp³-hybridized carbons (Fsp3) is 0.462. The molecule has 1 heterocycles. The van der Waals surface area contributed by atoms with Crippen molar-refractivity contribution in [3.63, 3.8) is 0 Å². The fourth-order valence-electron chi connectivity index (χ4n) is 1.82. The van der Waals surface area contributed by atoms with Gasteiger partial charge in [-0.15, -0.1) is 0 Å². The van der Waals surface area contributed by atoms with E-state index in [1.54, 1.807) is 13.0 Å².